The van der Waals surface area contributed by atoms with Gasteiger partial charge in [-0.2, -0.15) is 0 Å². The van der Waals surface area contributed by atoms with Crippen LogP contribution in [0.1, 0.15) is 38.2 Å². The molecule has 1 fully saturated rings. The molecule has 1 aromatic rings. The summed E-state index contributed by atoms with van der Waals surface area (Å²) in [5, 5.41) is 3.10. The highest BCUT2D eigenvalue weighted by molar-refractivity contribution is 5.78. The molecule has 1 saturated carbocycles. The Kier molecular flexibility index (Phi) is 7.18. The molecule has 0 heterocycles. The first-order valence-corrected chi connectivity index (χ1v) is 8.51. The van der Waals surface area contributed by atoms with Gasteiger partial charge in [-0.1, -0.05) is 0 Å². The van der Waals surface area contributed by atoms with Crippen LogP contribution in [0.2, 0.25) is 0 Å². The molecule has 0 aromatic heterocycles. The van der Waals surface area contributed by atoms with E-state index >= 15 is 0 Å². The maximum Gasteiger partial charge on any atom is 0.189 e. The largest absolute Gasteiger partial charge is 0.497 e. The van der Waals surface area contributed by atoms with Crippen LogP contribution < -0.4 is 20.5 Å². The van der Waals surface area contributed by atoms with Gasteiger partial charge in [-0.05, 0) is 44.7 Å². The van der Waals surface area contributed by atoms with Crippen LogP contribution in [0.3, 0.4) is 0 Å². The second-order valence-electron chi connectivity index (χ2n) is 6.20. The van der Waals surface area contributed by atoms with E-state index in [2.05, 4.69) is 10.3 Å². The van der Waals surface area contributed by atoms with Gasteiger partial charge in [0.2, 0.25) is 0 Å². The molecule has 0 radical (unpaired) electrons. The van der Waals surface area contributed by atoms with Crippen molar-refractivity contribution < 1.29 is 14.2 Å². The predicted octanol–water partition coefficient (Wildman–Crippen LogP) is 2.46. The summed E-state index contributed by atoms with van der Waals surface area (Å²) in [6.45, 7) is 3.03. The summed E-state index contributed by atoms with van der Waals surface area (Å²) in [4.78, 5) is 4.41. The van der Waals surface area contributed by atoms with Crippen molar-refractivity contribution in [3.63, 3.8) is 0 Å². The monoisotopic (exact) mass is 335 g/mol. The van der Waals surface area contributed by atoms with E-state index in [1.807, 2.05) is 25.1 Å². The third kappa shape index (κ3) is 5.60. The van der Waals surface area contributed by atoms with Gasteiger partial charge < -0.3 is 25.3 Å². The van der Waals surface area contributed by atoms with Gasteiger partial charge in [0.15, 0.2) is 5.96 Å². The highest BCUT2D eigenvalue weighted by Crippen LogP contribution is 2.30. The summed E-state index contributed by atoms with van der Waals surface area (Å²) < 4.78 is 16.6. The van der Waals surface area contributed by atoms with Gasteiger partial charge in [0.05, 0.1) is 26.4 Å². The summed E-state index contributed by atoms with van der Waals surface area (Å²) in [6, 6.07) is 5.95. The Balaban J connectivity index is 2.04. The number of ether oxygens (including phenoxy) is 3. The Morgan fingerprint density at radius 2 is 2.08 bits per heavy atom. The van der Waals surface area contributed by atoms with Crippen molar-refractivity contribution in [3.05, 3.63) is 23.8 Å². The Hall–Kier alpha value is -1.95. The molecule has 1 aromatic carbocycles. The minimum absolute atomic E-state index is 0.115. The second-order valence-corrected chi connectivity index (χ2v) is 6.20. The number of benzene rings is 1. The molecular weight excluding hydrogens is 306 g/mol. The summed E-state index contributed by atoms with van der Waals surface area (Å²) >= 11 is 0. The number of hydrogen-bond donors (Lipinski definition) is 2. The lowest BCUT2D eigenvalue weighted by atomic mass is 10.2. The van der Waals surface area contributed by atoms with E-state index in [-0.39, 0.29) is 12.1 Å². The van der Waals surface area contributed by atoms with Crippen molar-refractivity contribution in [2.24, 2.45) is 10.7 Å². The molecule has 24 heavy (non-hydrogen) atoms. The molecular formula is C18H29N3O3. The second kappa shape index (κ2) is 9.37. The first-order chi connectivity index (χ1) is 11.6. The molecule has 3 N–H and O–H groups in total. The summed E-state index contributed by atoms with van der Waals surface area (Å²) in [5.74, 6) is 2.03. The lowest BCUT2D eigenvalue weighted by Crippen LogP contribution is -2.40. The zero-order valence-corrected chi connectivity index (χ0v) is 14.9. The maximum absolute atomic E-state index is 6.17. The minimum Gasteiger partial charge on any atom is -0.497 e. The number of nitrogens with one attached hydrogen (secondary N) is 1. The fourth-order valence-electron chi connectivity index (χ4n) is 2.85. The SMILES string of the molecule is COCC(C)NC(N)=NCc1ccc(OC)cc1OC1CCCC1. The smallest absolute Gasteiger partial charge is 0.189 e. The minimum atomic E-state index is 0.115. The third-order valence-electron chi connectivity index (χ3n) is 4.10. The summed E-state index contributed by atoms with van der Waals surface area (Å²) in [6.07, 6.45) is 4.97. The first kappa shape index (κ1) is 18.4. The van der Waals surface area contributed by atoms with Crippen LogP contribution in [0.4, 0.5) is 0 Å². The van der Waals surface area contributed by atoms with Crippen LogP contribution in [0, 0.1) is 0 Å². The Labute approximate surface area is 144 Å². The van der Waals surface area contributed by atoms with Crippen LogP contribution >= 0.6 is 0 Å². The quantitative estimate of drug-likeness (QED) is 0.563. The molecule has 6 nitrogen and oxygen atoms in total. The van der Waals surface area contributed by atoms with E-state index in [0.717, 1.165) is 29.9 Å². The molecule has 1 aliphatic rings. The van der Waals surface area contributed by atoms with E-state index in [4.69, 9.17) is 19.9 Å². The lowest BCUT2D eigenvalue weighted by molar-refractivity contribution is 0.179. The van der Waals surface area contributed by atoms with Crippen molar-refractivity contribution in [2.75, 3.05) is 20.8 Å². The fraction of sp³-hybridized carbons (Fsp3) is 0.611. The van der Waals surface area contributed by atoms with Crippen molar-refractivity contribution in [3.8, 4) is 11.5 Å². The number of hydrogen-bond acceptors (Lipinski definition) is 4. The van der Waals surface area contributed by atoms with Gasteiger partial charge in [-0.3, -0.25) is 0 Å². The molecule has 0 amide bonds. The van der Waals surface area contributed by atoms with Gasteiger partial charge in [0, 0.05) is 24.8 Å². The average molecular weight is 335 g/mol. The van der Waals surface area contributed by atoms with Gasteiger partial charge in [0.1, 0.15) is 11.5 Å². The normalized spacial score (nSPS) is 16.9. The highest BCUT2D eigenvalue weighted by Gasteiger charge is 2.18. The van der Waals surface area contributed by atoms with Crippen molar-refractivity contribution in [1.82, 2.24) is 5.32 Å². The van der Waals surface area contributed by atoms with Gasteiger partial charge >= 0.3 is 0 Å². The van der Waals surface area contributed by atoms with E-state index in [1.165, 1.54) is 12.8 Å². The number of aliphatic imine (C=N–C) groups is 1. The molecule has 0 bridgehead atoms. The maximum atomic E-state index is 6.17. The number of guanidine groups is 1. The van der Waals surface area contributed by atoms with E-state index in [1.54, 1.807) is 14.2 Å². The molecule has 1 aliphatic carbocycles. The van der Waals surface area contributed by atoms with Crippen molar-refractivity contribution in [1.29, 1.82) is 0 Å². The van der Waals surface area contributed by atoms with Crippen LogP contribution in [-0.4, -0.2) is 38.9 Å². The summed E-state index contributed by atoms with van der Waals surface area (Å²) in [5.41, 5.74) is 6.95. The topological polar surface area (TPSA) is 78.1 Å². The number of rotatable bonds is 8. The van der Waals surface area contributed by atoms with Gasteiger partial charge in [-0.25, -0.2) is 4.99 Å². The molecule has 0 saturated heterocycles. The van der Waals surface area contributed by atoms with E-state index in [0.29, 0.717) is 19.1 Å². The van der Waals surface area contributed by atoms with Crippen LogP contribution in [0.25, 0.3) is 0 Å². The van der Waals surface area contributed by atoms with Gasteiger partial charge in [-0.15, -0.1) is 0 Å². The lowest BCUT2D eigenvalue weighted by Gasteiger charge is -2.17. The fourth-order valence-corrected chi connectivity index (χ4v) is 2.85. The Morgan fingerprint density at radius 1 is 1.33 bits per heavy atom. The third-order valence-corrected chi connectivity index (χ3v) is 4.10. The van der Waals surface area contributed by atoms with Crippen LogP contribution in [-0.2, 0) is 11.3 Å². The predicted molar refractivity (Wildman–Crippen MR) is 95.7 cm³/mol. The molecule has 2 rings (SSSR count). The van der Waals surface area contributed by atoms with E-state index in [9.17, 15) is 0 Å². The van der Waals surface area contributed by atoms with Crippen molar-refractivity contribution in [2.45, 2.75) is 51.3 Å². The molecule has 0 spiro atoms. The summed E-state index contributed by atoms with van der Waals surface area (Å²) in [7, 11) is 3.32. The van der Waals surface area contributed by atoms with Gasteiger partial charge in [0.25, 0.3) is 0 Å². The van der Waals surface area contributed by atoms with Crippen molar-refractivity contribution >= 4 is 5.96 Å². The molecule has 0 aliphatic heterocycles. The zero-order chi connectivity index (χ0) is 17.4. The van der Waals surface area contributed by atoms with Crippen LogP contribution in [0.5, 0.6) is 11.5 Å². The Morgan fingerprint density at radius 3 is 2.75 bits per heavy atom. The highest BCUT2D eigenvalue weighted by atomic mass is 16.5. The number of nitrogens with zero attached hydrogens (tertiary/aromatic N) is 1. The molecule has 134 valence electrons. The average Bonchev–Trinajstić information content (AvgIpc) is 3.06. The standard InChI is InChI=1S/C18H29N3O3/c1-13(12-22-2)21-18(19)20-11-14-8-9-16(23-3)10-17(14)24-15-6-4-5-7-15/h8-10,13,15H,4-7,11-12H2,1-3H3,(H3,19,20,21). The molecule has 1 atom stereocenters. The molecule has 6 heteroatoms. The van der Waals surface area contributed by atoms with E-state index < -0.39 is 0 Å². The van der Waals surface area contributed by atoms with Crippen LogP contribution in [0.15, 0.2) is 23.2 Å². The zero-order valence-electron chi connectivity index (χ0n) is 14.9. The Bertz CT molecular complexity index is 542. The number of nitrogens with two attached hydrogens (primary N) is 1. The first-order valence-electron chi connectivity index (χ1n) is 8.51. The molecule has 1 unspecified atom stereocenters. The number of methoxy groups -OCH3 is 2.